The normalized spacial score (nSPS) is 11.7. The molecular formula is C8H8BrN5O2S. The third-order valence-electron chi connectivity index (χ3n) is 2.06. The van der Waals surface area contributed by atoms with Crippen molar-refractivity contribution in [2.24, 2.45) is 12.2 Å². The van der Waals surface area contributed by atoms with Crippen LogP contribution < -0.4 is 5.14 Å². The molecule has 0 bridgehead atoms. The van der Waals surface area contributed by atoms with Gasteiger partial charge in [0.15, 0.2) is 5.82 Å². The number of hydrogen-bond donors (Lipinski definition) is 1. The number of hydrogen-bond acceptors (Lipinski definition) is 5. The molecule has 0 spiro atoms. The lowest BCUT2D eigenvalue weighted by atomic mass is 10.3. The molecule has 7 nitrogen and oxygen atoms in total. The van der Waals surface area contributed by atoms with Crippen molar-refractivity contribution in [2.75, 3.05) is 0 Å². The van der Waals surface area contributed by atoms with Crippen LogP contribution in [0.3, 0.4) is 0 Å². The molecule has 2 rings (SSSR count). The molecule has 0 amide bonds. The van der Waals surface area contributed by atoms with Crippen molar-refractivity contribution < 1.29 is 8.42 Å². The molecule has 2 N–H and O–H groups in total. The van der Waals surface area contributed by atoms with Gasteiger partial charge < -0.3 is 0 Å². The lowest BCUT2D eigenvalue weighted by Gasteiger charge is -2.03. The third-order valence-corrected chi connectivity index (χ3v) is 3.56. The summed E-state index contributed by atoms with van der Waals surface area (Å²) >= 11 is 3.30. The first-order valence-electron chi connectivity index (χ1n) is 4.44. The quantitative estimate of drug-likeness (QED) is 0.857. The number of nitrogens with two attached hydrogens (primary N) is 1. The smallest absolute Gasteiger partial charge is 0.273 e. The maximum atomic E-state index is 11.2. The summed E-state index contributed by atoms with van der Waals surface area (Å²) in [6, 6.07) is 3.51. The molecule has 0 aromatic carbocycles. The molecule has 0 unspecified atom stereocenters. The van der Waals surface area contributed by atoms with Gasteiger partial charge in [0.2, 0.25) is 0 Å². The van der Waals surface area contributed by atoms with Gasteiger partial charge in [0.1, 0.15) is 5.69 Å². The Kier molecular flexibility index (Phi) is 2.98. The molecule has 0 atom stereocenters. The standard InChI is InChI=1S/C8H8BrN5O2S/c1-14-7(6-5(9)3-2-4-11-6)12-13-8(14)17(10,15)16/h2-4H,1H3,(H2,10,15,16). The van der Waals surface area contributed by atoms with E-state index in [-0.39, 0.29) is 5.16 Å². The lowest BCUT2D eigenvalue weighted by Crippen LogP contribution is -2.17. The minimum absolute atomic E-state index is 0.301. The summed E-state index contributed by atoms with van der Waals surface area (Å²) in [5.74, 6) is 0.321. The minimum atomic E-state index is -3.89. The van der Waals surface area contributed by atoms with Crippen molar-refractivity contribution in [3.63, 3.8) is 0 Å². The Morgan fingerprint density at radius 1 is 1.41 bits per heavy atom. The molecule has 0 aliphatic carbocycles. The second-order valence-electron chi connectivity index (χ2n) is 3.24. The minimum Gasteiger partial charge on any atom is -0.299 e. The third kappa shape index (κ3) is 2.21. The van der Waals surface area contributed by atoms with Crippen LogP contribution in [0.25, 0.3) is 11.5 Å². The largest absolute Gasteiger partial charge is 0.299 e. The Labute approximate surface area is 106 Å². The zero-order valence-electron chi connectivity index (χ0n) is 8.70. The highest BCUT2D eigenvalue weighted by Gasteiger charge is 2.21. The van der Waals surface area contributed by atoms with E-state index in [2.05, 4.69) is 31.1 Å². The predicted molar refractivity (Wildman–Crippen MR) is 63.3 cm³/mol. The van der Waals surface area contributed by atoms with E-state index in [4.69, 9.17) is 5.14 Å². The van der Waals surface area contributed by atoms with Crippen LogP contribution in [-0.2, 0) is 17.1 Å². The van der Waals surface area contributed by atoms with Crippen LogP contribution >= 0.6 is 15.9 Å². The van der Waals surface area contributed by atoms with Gasteiger partial charge in [0, 0.05) is 17.7 Å². The molecular weight excluding hydrogens is 310 g/mol. The number of aromatic nitrogens is 4. The summed E-state index contributed by atoms with van der Waals surface area (Å²) in [4.78, 5) is 4.10. The summed E-state index contributed by atoms with van der Waals surface area (Å²) in [7, 11) is -2.38. The fourth-order valence-electron chi connectivity index (χ4n) is 1.32. The van der Waals surface area contributed by atoms with Gasteiger partial charge in [-0.25, -0.2) is 13.6 Å². The van der Waals surface area contributed by atoms with Crippen molar-refractivity contribution in [2.45, 2.75) is 5.16 Å². The summed E-state index contributed by atoms with van der Waals surface area (Å²) in [5, 5.41) is 12.0. The molecule has 0 saturated carbocycles. The zero-order valence-corrected chi connectivity index (χ0v) is 11.1. The summed E-state index contributed by atoms with van der Waals surface area (Å²) in [5.41, 5.74) is 0.498. The monoisotopic (exact) mass is 317 g/mol. The molecule has 9 heteroatoms. The Bertz CT molecular complexity index is 666. The first kappa shape index (κ1) is 12.1. The molecule has 0 aliphatic rings. The van der Waals surface area contributed by atoms with Gasteiger partial charge in [-0.2, -0.15) is 0 Å². The van der Waals surface area contributed by atoms with Gasteiger partial charge in [-0.1, -0.05) is 0 Å². The molecule has 2 aromatic rings. The van der Waals surface area contributed by atoms with Crippen molar-refractivity contribution in [1.82, 2.24) is 19.7 Å². The van der Waals surface area contributed by atoms with Gasteiger partial charge in [0.05, 0.1) is 0 Å². The van der Waals surface area contributed by atoms with Crippen molar-refractivity contribution >= 4 is 26.0 Å². The van der Waals surface area contributed by atoms with Crippen LogP contribution in [0.15, 0.2) is 28.0 Å². The SMILES string of the molecule is Cn1c(-c2ncccc2Br)nnc1S(N)(=O)=O. The summed E-state index contributed by atoms with van der Waals surface area (Å²) < 4.78 is 24.4. The van der Waals surface area contributed by atoms with Gasteiger partial charge in [0.25, 0.3) is 15.2 Å². The zero-order chi connectivity index (χ0) is 12.6. The highest BCUT2D eigenvalue weighted by molar-refractivity contribution is 9.10. The van der Waals surface area contributed by atoms with Crippen LogP contribution in [-0.4, -0.2) is 28.2 Å². The summed E-state index contributed by atoms with van der Waals surface area (Å²) in [6.07, 6.45) is 1.57. The Hall–Kier alpha value is -1.32. The molecule has 90 valence electrons. The van der Waals surface area contributed by atoms with Crippen LogP contribution in [0.4, 0.5) is 0 Å². The molecule has 0 aliphatic heterocycles. The fourth-order valence-corrected chi connectivity index (χ4v) is 2.37. The highest BCUT2D eigenvalue weighted by atomic mass is 79.9. The van der Waals surface area contributed by atoms with Gasteiger partial charge in [-0.05, 0) is 28.1 Å². The predicted octanol–water partition coefficient (Wildman–Crippen LogP) is 0.287. The van der Waals surface area contributed by atoms with E-state index in [1.54, 1.807) is 18.3 Å². The van der Waals surface area contributed by atoms with E-state index in [9.17, 15) is 8.42 Å². The van der Waals surface area contributed by atoms with Crippen molar-refractivity contribution in [3.8, 4) is 11.5 Å². The maximum absolute atomic E-state index is 11.2. The molecule has 0 radical (unpaired) electrons. The lowest BCUT2D eigenvalue weighted by molar-refractivity contribution is 0.580. The van der Waals surface area contributed by atoms with Crippen LogP contribution in [0.5, 0.6) is 0 Å². The fraction of sp³-hybridized carbons (Fsp3) is 0.125. The number of sulfonamides is 1. The second kappa shape index (κ2) is 4.17. The second-order valence-corrected chi connectivity index (χ2v) is 5.55. The molecule has 2 heterocycles. The van der Waals surface area contributed by atoms with Crippen molar-refractivity contribution in [3.05, 3.63) is 22.8 Å². The van der Waals surface area contributed by atoms with Gasteiger partial charge >= 0.3 is 0 Å². The molecule has 0 saturated heterocycles. The average Bonchev–Trinajstić information content (AvgIpc) is 2.60. The number of primary sulfonamides is 1. The van der Waals surface area contributed by atoms with E-state index in [1.165, 1.54) is 11.6 Å². The number of nitrogens with zero attached hydrogens (tertiary/aromatic N) is 4. The van der Waals surface area contributed by atoms with Gasteiger partial charge in [-0.3, -0.25) is 9.55 Å². The Morgan fingerprint density at radius 2 is 2.12 bits per heavy atom. The Balaban J connectivity index is 2.64. The number of halogens is 1. The topological polar surface area (TPSA) is 104 Å². The van der Waals surface area contributed by atoms with E-state index >= 15 is 0 Å². The van der Waals surface area contributed by atoms with Crippen molar-refractivity contribution in [1.29, 1.82) is 0 Å². The maximum Gasteiger partial charge on any atom is 0.273 e. The highest BCUT2D eigenvalue weighted by Crippen LogP contribution is 2.24. The van der Waals surface area contributed by atoms with E-state index in [0.29, 0.717) is 16.0 Å². The van der Waals surface area contributed by atoms with E-state index in [1.807, 2.05) is 0 Å². The van der Waals surface area contributed by atoms with E-state index < -0.39 is 10.0 Å². The first-order chi connectivity index (χ1) is 7.91. The van der Waals surface area contributed by atoms with Crippen LogP contribution in [0.1, 0.15) is 0 Å². The van der Waals surface area contributed by atoms with Gasteiger partial charge in [-0.15, -0.1) is 10.2 Å². The molecule has 0 fully saturated rings. The Morgan fingerprint density at radius 3 is 2.65 bits per heavy atom. The average molecular weight is 318 g/mol. The summed E-state index contributed by atoms with van der Waals surface area (Å²) in [6.45, 7) is 0. The number of rotatable bonds is 2. The van der Waals surface area contributed by atoms with Crippen LogP contribution in [0.2, 0.25) is 0 Å². The first-order valence-corrected chi connectivity index (χ1v) is 6.78. The van der Waals surface area contributed by atoms with Crippen LogP contribution in [0, 0.1) is 0 Å². The number of pyridine rings is 1. The molecule has 2 aromatic heterocycles. The molecule has 17 heavy (non-hydrogen) atoms. The van der Waals surface area contributed by atoms with E-state index in [0.717, 1.165) is 0 Å².